The zero-order valence-corrected chi connectivity index (χ0v) is 27.8. The number of aryl methyl sites for hydroxylation is 6. The average Bonchev–Trinajstić information content (AvgIpc) is 3.02. The molecule has 0 aliphatic carbocycles. The molecule has 0 fully saturated rings. The van der Waals surface area contributed by atoms with Gasteiger partial charge in [-0.1, -0.05) is 72.8 Å². The highest BCUT2D eigenvalue weighted by Crippen LogP contribution is 2.38. The molecule has 2 heteroatoms. The monoisotopic (exact) mass is 598 g/mol. The van der Waals surface area contributed by atoms with E-state index in [1.807, 2.05) is 0 Å². The minimum atomic E-state index is 1.15. The second kappa shape index (κ2) is 13.3. The molecule has 0 saturated heterocycles. The maximum atomic E-state index is 2.36. The van der Waals surface area contributed by atoms with Crippen LogP contribution in [0.4, 0.5) is 34.1 Å². The lowest BCUT2D eigenvalue weighted by molar-refractivity contribution is 1.23. The summed E-state index contributed by atoms with van der Waals surface area (Å²) >= 11 is 0. The van der Waals surface area contributed by atoms with Gasteiger partial charge >= 0.3 is 0 Å². The fraction of sp³-hybridized carbons (Fsp3) is 0.136. The summed E-state index contributed by atoms with van der Waals surface area (Å²) in [5, 5.41) is 0. The zero-order chi connectivity index (χ0) is 32.2. The Morgan fingerprint density at radius 3 is 1.26 bits per heavy atom. The summed E-state index contributed by atoms with van der Waals surface area (Å²) in [5.41, 5.74) is 16.8. The molecule has 6 rings (SSSR count). The SMILES string of the molecule is Cc1cccc(N(c2cccc(C)c2)c2ccc(C=Cc3ccc(N(c4cccc(C)c4)c4cccc(C)c4)c(C)c3)c(C)c2)c1. The van der Waals surface area contributed by atoms with Crippen LogP contribution in [0.25, 0.3) is 12.2 Å². The molecular formula is C44H42N2. The molecule has 228 valence electrons. The number of rotatable bonds is 8. The van der Waals surface area contributed by atoms with Crippen LogP contribution in [0.15, 0.2) is 133 Å². The minimum Gasteiger partial charge on any atom is -0.310 e. The predicted molar refractivity (Wildman–Crippen MR) is 200 cm³/mol. The van der Waals surface area contributed by atoms with E-state index in [0.717, 1.165) is 28.4 Å². The van der Waals surface area contributed by atoms with E-state index >= 15 is 0 Å². The van der Waals surface area contributed by atoms with Gasteiger partial charge < -0.3 is 9.80 Å². The molecule has 0 aliphatic rings. The van der Waals surface area contributed by atoms with Gasteiger partial charge in [0.05, 0.1) is 0 Å². The first kappa shape index (κ1) is 30.7. The van der Waals surface area contributed by atoms with Crippen LogP contribution in [0, 0.1) is 41.5 Å². The molecule has 0 N–H and O–H groups in total. The Bertz CT molecular complexity index is 1940. The Kier molecular flexibility index (Phi) is 8.90. The summed E-state index contributed by atoms with van der Waals surface area (Å²) in [6.45, 7) is 13.0. The van der Waals surface area contributed by atoms with E-state index < -0.39 is 0 Å². The van der Waals surface area contributed by atoms with Gasteiger partial charge in [0.2, 0.25) is 0 Å². The third-order valence-corrected chi connectivity index (χ3v) is 8.47. The van der Waals surface area contributed by atoms with Gasteiger partial charge in [-0.3, -0.25) is 0 Å². The van der Waals surface area contributed by atoms with Crippen molar-refractivity contribution in [3.8, 4) is 0 Å². The number of hydrogen-bond acceptors (Lipinski definition) is 2. The van der Waals surface area contributed by atoms with E-state index in [-0.39, 0.29) is 0 Å². The van der Waals surface area contributed by atoms with Crippen molar-refractivity contribution in [3.05, 3.63) is 178 Å². The van der Waals surface area contributed by atoms with Crippen molar-refractivity contribution in [3.63, 3.8) is 0 Å². The summed E-state index contributed by atoms with van der Waals surface area (Å²) in [7, 11) is 0. The first-order valence-electron chi connectivity index (χ1n) is 16.0. The van der Waals surface area contributed by atoms with E-state index in [1.54, 1.807) is 0 Å². The van der Waals surface area contributed by atoms with Crippen LogP contribution in [-0.4, -0.2) is 0 Å². The number of anilines is 6. The Morgan fingerprint density at radius 2 is 0.826 bits per heavy atom. The van der Waals surface area contributed by atoms with Crippen molar-refractivity contribution in [1.82, 2.24) is 0 Å². The number of hydrogen-bond donors (Lipinski definition) is 0. The Morgan fingerprint density at radius 1 is 0.370 bits per heavy atom. The van der Waals surface area contributed by atoms with E-state index in [2.05, 4.69) is 197 Å². The van der Waals surface area contributed by atoms with Gasteiger partial charge in [-0.15, -0.1) is 0 Å². The second-order valence-corrected chi connectivity index (χ2v) is 12.4. The molecule has 0 heterocycles. The van der Waals surface area contributed by atoms with Crippen LogP contribution in [0.5, 0.6) is 0 Å². The van der Waals surface area contributed by atoms with Gasteiger partial charge in [-0.2, -0.15) is 0 Å². The number of benzene rings is 6. The van der Waals surface area contributed by atoms with Gasteiger partial charge in [0.25, 0.3) is 0 Å². The Labute approximate surface area is 274 Å². The zero-order valence-electron chi connectivity index (χ0n) is 27.8. The molecule has 6 aromatic rings. The molecule has 0 saturated carbocycles. The van der Waals surface area contributed by atoms with Crippen molar-refractivity contribution >= 4 is 46.3 Å². The highest BCUT2D eigenvalue weighted by atomic mass is 15.1. The second-order valence-electron chi connectivity index (χ2n) is 12.4. The molecule has 0 spiro atoms. The van der Waals surface area contributed by atoms with Crippen LogP contribution in [0.1, 0.15) is 44.5 Å². The van der Waals surface area contributed by atoms with E-state index in [1.165, 1.54) is 50.2 Å². The lowest BCUT2D eigenvalue weighted by Gasteiger charge is -2.28. The van der Waals surface area contributed by atoms with Gasteiger partial charge in [0.1, 0.15) is 0 Å². The lowest BCUT2D eigenvalue weighted by Crippen LogP contribution is -2.11. The third kappa shape index (κ3) is 6.82. The lowest BCUT2D eigenvalue weighted by atomic mass is 10.0. The van der Waals surface area contributed by atoms with Crippen molar-refractivity contribution in [1.29, 1.82) is 0 Å². The highest BCUT2D eigenvalue weighted by molar-refractivity contribution is 5.82. The fourth-order valence-electron chi connectivity index (χ4n) is 6.15. The molecule has 6 aromatic carbocycles. The van der Waals surface area contributed by atoms with Gasteiger partial charge in [0.15, 0.2) is 0 Å². The molecule has 0 bridgehead atoms. The molecular weight excluding hydrogens is 556 g/mol. The smallest absolute Gasteiger partial charge is 0.0491 e. The van der Waals surface area contributed by atoms with Crippen molar-refractivity contribution < 1.29 is 0 Å². The molecule has 46 heavy (non-hydrogen) atoms. The van der Waals surface area contributed by atoms with Crippen molar-refractivity contribution in [2.24, 2.45) is 0 Å². The summed E-state index contributed by atoms with van der Waals surface area (Å²) in [6.07, 6.45) is 4.46. The summed E-state index contributed by atoms with van der Waals surface area (Å²) < 4.78 is 0. The fourth-order valence-corrected chi connectivity index (χ4v) is 6.15. The maximum absolute atomic E-state index is 2.36. The maximum Gasteiger partial charge on any atom is 0.0491 e. The normalized spacial score (nSPS) is 11.2. The van der Waals surface area contributed by atoms with Crippen LogP contribution in [-0.2, 0) is 0 Å². The van der Waals surface area contributed by atoms with Gasteiger partial charge in [0, 0.05) is 34.1 Å². The Balaban J connectivity index is 1.31. The van der Waals surface area contributed by atoms with Gasteiger partial charge in [-0.25, -0.2) is 0 Å². The largest absolute Gasteiger partial charge is 0.310 e. The minimum absolute atomic E-state index is 1.15. The molecule has 2 nitrogen and oxygen atoms in total. The van der Waals surface area contributed by atoms with Crippen LogP contribution < -0.4 is 9.80 Å². The average molecular weight is 599 g/mol. The summed E-state index contributed by atoms with van der Waals surface area (Å²) in [6, 6.07) is 48.4. The van der Waals surface area contributed by atoms with Crippen LogP contribution in [0.3, 0.4) is 0 Å². The van der Waals surface area contributed by atoms with Crippen LogP contribution >= 0.6 is 0 Å². The van der Waals surface area contributed by atoms with E-state index in [4.69, 9.17) is 0 Å². The summed E-state index contributed by atoms with van der Waals surface area (Å²) in [5.74, 6) is 0. The first-order chi connectivity index (χ1) is 22.2. The van der Waals surface area contributed by atoms with Gasteiger partial charge in [-0.05, 0) is 159 Å². The molecule has 0 aliphatic heterocycles. The quantitative estimate of drug-likeness (QED) is 0.161. The van der Waals surface area contributed by atoms with Crippen molar-refractivity contribution in [2.45, 2.75) is 41.5 Å². The van der Waals surface area contributed by atoms with E-state index in [9.17, 15) is 0 Å². The standard InChI is InChI=1S/C44H42N2/c1-31-11-7-15-39(25-31)45(40-16-8-12-32(2)26-40)43-23-22-38(35(5)30-43)21-19-37-20-24-44(36(6)29-37)46(41-17-9-13-33(3)27-41)42-18-10-14-34(4)28-42/h7-30H,1-6H3. The first-order valence-corrected chi connectivity index (χ1v) is 16.0. The highest BCUT2D eigenvalue weighted by Gasteiger charge is 2.16. The van der Waals surface area contributed by atoms with Crippen LogP contribution in [0.2, 0.25) is 0 Å². The topological polar surface area (TPSA) is 6.48 Å². The molecule has 0 amide bonds. The van der Waals surface area contributed by atoms with Crippen molar-refractivity contribution in [2.75, 3.05) is 9.80 Å². The van der Waals surface area contributed by atoms with E-state index in [0.29, 0.717) is 0 Å². The number of nitrogens with zero attached hydrogens (tertiary/aromatic N) is 2. The molecule has 0 aromatic heterocycles. The molecule has 0 unspecified atom stereocenters. The predicted octanol–water partition coefficient (Wildman–Crippen LogP) is 12.6. The summed E-state index contributed by atoms with van der Waals surface area (Å²) in [4.78, 5) is 4.71. The third-order valence-electron chi connectivity index (χ3n) is 8.47. The molecule has 0 radical (unpaired) electrons. The Hall–Kier alpha value is -5.34. The molecule has 0 atom stereocenters.